The topological polar surface area (TPSA) is 42.2 Å². The molecule has 5 heteroatoms. The van der Waals surface area contributed by atoms with Gasteiger partial charge in [-0.1, -0.05) is 18.5 Å². The molecular formula is C14H16ClNO2S. The zero-order valence-corrected chi connectivity index (χ0v) is 12.4. The summed E-state index contributed by atoms with van der Waals surface area (Å²) in [4.78, 5) is 0. The summed E-state index contributed by atoms with van der Waals surface area (Å²) in [5.74, 6) is 2.67. The Labute approximate surface area is 122 Å². The maximum atomic E-state index is 8.59. The lowest BCUT2D eigenvalue weighted by Crippen LogP contribution is -2.16. The summed E-state index contributed by atoms with van der Waals surface area (Å²) in [5, 5.41) is 11.4. The maximum absolute atomic E-state index is 8.59. The Morgan fingerprint density at radius 3 is 2.68 bits per heavy atom. The highest BCUT2D eigenvalue weighted by atomic mass is 35.5. The lowest BCUT2D eigenvalue weighted by molar-refractivity contribution is 0.171. The average Bonchev–Trinajstić information content (AvgIpc) is 2.43. The highest BCUT2D eigenvalue weighted by Crippen LogP contribution is 2.40. The highest BCUT2D eigenvalue weighted by molar-refractivity contribution is 8.03. The molecule has 1 aliphatic rings. The molecule has 0 radical (unpaired) electrons. The minimum Gasteiger partial charge on any atom is -0.486 e. The Morgan fingerprint density at radius 2 is 2.05 bits per heavy atom. The van der Waals surface area contributed by atoms with Crippen LogP contribution in [0.3, 0.4) is 0 Å². The molecule has 0 saturated carbocycles. The monoisotopic (exact) mass is 297 g/mol. The van der Waals surface area contributed by atoms with Gasteiger partial charge in [0.05, 0.1) is 0 Å². The number of benzene rings is 1. The summed E-state index contributed by atoms with van der Waals surface area (Å²) in [6, 6.07) is 3.83. The molecule has 0 saturated heterocycles. The molecule has 0 fully saturated rings. The van der Waals surface area contributed by atoms with E-state index in [4.69, 9.17) is 26.3 Å². The summed E-state index contributed by atoms with van der Waals surface area (Å²) in [5.41, 5.74) is 1.09. The van der Waals surface area contributed by atoms with Gasteiger partial charge in [-0.05, 0) is 42.2 Å². The van der Waals surface area contributed by atoms with E-state index in [0.717, 1.165) is 40.7 Å². The van der Waals surface area contributed by atoms with Gasteiger partial charge >= 0.3 is 0 Å². The standard InChI is InChI=1S/C14H16ClNO2S/c1-2-10(3-6-19-9-16)11-7-13-14(8-12(11)15)18-5-4-17-13/h7-8,10H,2-6H2,1H3. The van der Waals surface area contributed by atoms with E-state index < -0.39 is 0 Å². The van der Waals surface area contributed by atoms with Crippen LogP contribution in [0.25, 0.3) is 0 Å². The number of thiocyanates is 1. The smallest absolute Gasteiger partial charge is 0.162 e. The van der Waals surface area contributed by atoms with Crippen LogP contribution in [-0.4, -0.2) is 19.0 Å². The van der Waals surface area contributed by atoms with Crippen LogP contribution < -0.4 is 9.47 Å². The van der Waals surface area contributed by atoms with Gasteiger partial charge in [0.1, 0.15) is 18.6 Å². The van der Waals surface area contributed by atoms with Crippen LogP contribution in [0.4, 0.5) is 0 Å². The zero-order chi connectivity index (χ0) is 13.7. The summed E-state index contributed by atoms with van der Waals surface area (Å²) in [7, 11) is 0. The van der Waals surface area contributed by atoms with Crippen molar-refractivity contribution in [3.05, 3.63) is 22.7 Å². The lowest BCUT2D eigenvalue weighted by atomic mass is 9.93. The number of ether oxygens (including phenoxy) is 2. The summed E-state index contributed by atoms with van der Waals surface area (Å²) in [6.45, 7) is 3.28. The molecule has 19 heavy (non-hydrogen) atoms. The van der Waals surface area contributed by atoms with E-state index in [9.17, 15) is 0 Å². The molecule has 1 aromatic rings. The van der Waals surface area contributed by atoms with E-state index in [-0.39, 0.29) is 0 Å². The Kier molecular flexibility index (Phi) is 5.24. The molecule has 0 aliphatic carbocycles. The minimum absolute atomic E-state index is 0.351. The molecule has 1 aliphatic heterocycles. The number of fused-ring (bicyclic) bond motifs is 1. The fourth-order valence-electron chi connectivity index (χ4n) is 2.22. The van der Waals surface area contributed by atoms with Crippen LogP contribution in [0.15, 0.2) is 12.1 Å². The molecule has 1 unspecified atom stereocenters. The van der Waals surface area contributed by atoms with Crippen molar-refractivity contribution in [1.82, 2.24) is 0 Å². The van der Waals surface area contributed by atoms with Gasteiger partial charge < -0.3 is 9.47 Å². The quantitative estimate of drug-likeness (QED) is 0.603. The maximum Gasteiger partial charge on any atom is 0.162 e. The molecule has 0 aromatic heterocycles. The average molecular weight is 298 g/mol. The van der Waals surface area contributed by atoms with Gasteiger partial charge in [-0.25, -0.2) is 0 Å². The van der Waals surface area contributed by atoms with Crippen molar-refractivity contribution in [3.8, 4) is 16.9 Å². The number of rotatable bonds is 5. The zero-order valence-electron chi connectivity index (χ0n) is 10.8. The van der Waals surface area contributed by atoms with Crippen molar-refractivity contribution in [2.75, 3.05) is 19.0 Å². The predicted molar refractivity (Wildman–Crippen MR) is 78.2 cm³/mol. The number of hydrogen-bond donors (Lipinski definition) is 0. The third-order valence-corrected chi connectivity index (χ3v) is 4.12. The Balaban J connectivity index is 2.19. The fourth-order valence-corrected chi connectivity index (χ4v) is 3.02. The molecule has 0 amide bonds. The van der Waals surface area contributed by atoms with Crippen molar-refractivity contribution in [2.45, 2.75) is 25.7 Å². The van der Waals surface area contributed by atoms with Crippen LogP contribution in [-0.2, 0) is 0 Å². The van der Waals surface area contributed by atoms with E-state index in [0.29, 0.717) is 19.1 Å². The van der Waals surface area contributed by atoms with Crippen LogP contribution in [0.5, 0.6) is 11.5 Å². The van der Waals surface area contributed by atoms with Crippen molar-refractivity contribution in [3.63, 3.8) is 0 Å². The van der Waals surface area contributed by atoms with Gasteiger partial charge in [-0.2, -0.15) is 5.26 Å². The predicted octanol–water partition coefficient (Wildman–Crippen LogP) is 4.21. The molecule has 2 rings (SSSR count). The molecule has 3 nitrogen and oxygen atoms in total. The van der Waals surface area contributed by atoms with Gasteiger partial charge in [0.2, 0.25) is 0 Å². The molecule has 1 aromatic carbocycles. The Morgan fingerprint density at radius 1 is 1.37 bits per heavy atom. The second kappa shape index (κ2) is 6.93. The first-order valence-electron chi connectivity index (χ1n) is 6.36. The first kappa shape index (κ1) is 14.4. The van der Waals surface area contributed by atoms with Crippen molar-refractivity contribution >= 4 is 23.4 Å². The normalized spacial score (nSPS) is 14.8. The highest BCUT2D eigenvalue weighted by Gasteiger charge is 2.19. The van der Waals surface area contributed by atoms with Gasteiger partial charge in [0.25, 0.3) is 0 Å². The first-order valence-corrected chi connectivity index (χ1v) is 7.72. The second-order valence-electron chi connectivity index (χ2n) is 4.35. The van der Waals surface area contributed by atoms with E-state index >= 15 is 0 Å². The van der Waals surface area contributed by atoms with Crippen LogP contribution in [0, 0.1) is 10.7 Å². The molecule has 1 heterocycles. The van der Waals surface area contributed by atoms with E-state index in [1.54, 1.807) is 0 Å². The van der Waals surface area contributed by atoms with Gasteiger partial charge in [-0.15, -0.1) is 0 Å². The fraction of sp³-hybridized carbons (Fsp3) is 0.500. The van der Waals surface area contributed by atoms with Crippen molar-refractivity contribution in [1.29, 1.82) is 5.26 Å². The molecule has 1 atom stereocenters. The number of hydrogen-bond acceptors (Lipinski definition) is 4. The second-order valence-corrected chi connectivity index (χ2v) is 5.64. The number of nitrogens with zero attached hydrogens (tertiary/aromatic N) is 1. The van der Waals surface area contributed by atoms with Crippen LogP contribution in [0.2, 0.25) is 5.02 Å². The van der Waals surface area contributed by atoms with Crippen LogP contribution >= 0.6 is 23.4 Å². The molecule has 0 spiro atoms. The number of thioether (sulfide) groups is 1. The number of halogens is 1. The van der Waals surface area contributed by atoms with Crippen LogP contribution in [0.1, 0.15) is 31.2 Å². The first-order chi connectivity index (χ1) is 9.26. The lowest BCUT2D eigenvalue weighted by Gasteiger charge is -2.22. The molecule has 102 valence electrons. The molecule has 0 N–H and O–H groups in total. The Hall–Kier alpha value is -1.05. The SMILES string of the molecule is CCC(CCSC#N)c1cc2c(cc1Cl)OCCO2. The molecular weight excluding hydrogens is 282 g/mol. The van der Waals surface area contributed by atoms with Gasteiger partial charge in [-0.3, -0.25) is 0 Å². The Bertz CT molecular complexity index is 487. The van der Waals surface area contributed by atoms with E-state index in [1.165, 1.54) is 11.8 Å². The van der Waals surface area contributed by atoms with Gasteiger partial charge in [0.15, 0.2) is 11.5 Å². The molecule has 0 bridgehead atoms. The van der Waals surface area contributed by atoms with E-state index in [1.807, 2.05) is 12.1 Å². The summed E-state index contributed by atoms with van der Waals surface area (Å²) < 4.78 is 11.1. The third-order valence-electron chi connectivity index (χ3n) is 3.23. The van der Waals surface area contributed by atoms with E-state index in [2.05, 4.69) is 12.3 Å². The minimum atomic E-state index is 0.351. The van der Waals surface area contributed by atoms with Crippen molar-refractivity contribution in [2.24, 2.45) is 0 Å². The van der Waals surface area contributed by atoms with Gasteiger partial charge in [0, 0.05) is 16.8 Å². The summed E-state index contributed by atoms with van der Waals surface area (Å²) >= 11 is 7.63. The third kappa shape index (κ3) is 3.49. The number of nitriles is 1. The summed E-state index contributed by atoms with van der Waals surface area (Å²) in [6.07, 6.45) is 1.93. The van der Waals surface area contributed by atoms with Crippen molar-refractivity contribution < 1.29 is 9.47 Å². The largest absolute Gasteiger partial charge is 0.486 e.